The van der Waals surface area contributed by atoms with E-state index >= 15 is 0 Å². The smallest absolute Gasteiger partial charge is 0.0994 e. The minimum absolute atomic E-state index is 0.589. The van der Waals surface area contributed by atoms with Gasteiger partial charge in [0.25, 0.3) is 0 Å². The first-order chi connectivity index (χ1) is 6.08. The van der Waals surface area contributed by atoms with Crippen molar-refractivity contribution < 1.29 is 0 Å². The van der Waals surface area contributed by atoms with Gasteiger partial charge in [-0.15, -0.1) is 0 Å². The van der Waals surface area contributed by atoms with Gasteiger partial charge in [0, 0.05) is 0 Å². The fraction of sp³-hybridized carbons (Fsp3) is 0.250. The largest absolute Gasteiger partial charge is 0.192 e. The Kier molecular flexibility index (Phi) is 4.54. The Morgan fingerprint density at radius 3 is 2.23 bits per heavy atom. The minimum atomic E-state index is 0.589. The van der Waals surface area contributed by atoms with Crippen LogP contribution >= 0.6 is 0 Å². The van der Waals surface area contributed by atoms with Crippen LogP contribution in [0.15, 0.2) is 47.6 Å². The Morgan fingerprint density at radius 1 is 1.38 bits per heavy atom. The third kappa shape index (κ3) is 2.76. The number of hydrogen-bond acceptors (Lipinski definition) is 1. The Morgan fingerprint density at radius 2 is 1.92 bits per heavy atom. The monoisotopic (exact) mass is 173 g/mol. The van der Waals surface area contributed by atoms with E-state index in [1.165, 1.54) is 0 Å². The number of nitriles is 1. The third-order valence-electron chi connectivity index (χ3n) is 2.09. The number of rotatable bonds is 3. The zero-order chi connectivity index (χ0) is 10.4. The lowest BCUT2D eigenvalue weighted by Gasteiger charge is -2.06. The van der Waals surface area contributed by atoms with Crippen molar-refractivity contribution in [2.75, 3.05) is 0 Å². The van der Waals surface area contributed by atoms with Gasteiger partial charge in [0.2, 0.25) is 0 Å². The van der Waals surface area contributed by atoms with E-state index in [2.05, 4.69) is 19.2 Å². The van der Waals surface area contributed by atoms with E-state index in [9.17, 15) is 0 Å². The van der Waals surface area contributed by atoms with Crippen LogP contribution in [0.25, 0.3) is 0 Å². The highest BCUT2D eigenvalue weighted by Gasteiger charge is 2.03. The molecule has 0 saturated heterocycles. The molecule has 0 aromatic carbocycles. The van der Waals surface area contributed by atoms with Gasteiger partial charge in [0.1, 0.15) is 0 Å². The summed E-state index contributed by atoms with van der Waals surface area (Å²) in [5.41, 5.74) is 3.48. The molecule has 0 fully saturated rings. The van der Waals surface area contributed by atoms with E-state index in [-0.39, 0.29) is 0 Å². The topological polar surface area (TPSA) is 23.8 Å². The van der Waals surface area contributed by atoms with Gasteiger partial charge >= 0.3 is 0 Å². The predicted octanol–water partition coefficient (Wildman–Crippen LogP) is 3.53. The Labute approximate surface area is 80.4 Å². The average Bonchev–Trinajstić information content (AvgIpc) is 2.17. The summed E-state index contributed by atoms with van der Waals surface area (Å²) in [6.45, 7) is 13.3. The first-order valence-corrected chi connectivity index (χ1v) is 4.14. The van der Waals surface area contributed by atoms with Gasteiger partial charge in [-0.05, 0) is 37.5 Å². The average molecular weight is 173 g/mol. The molecule has 0 rings (SSSR count). The van der Waals surface area contributed by atoms with E-state index in [1.54, 1.807) is 6.08 Å². The van der Waals surface area contributed by atoms with Crippen molar-refractivity contribution in [1.82, 2.24) is 0 Å². The predicted molar refractivity (Wildman–Crippen MR) is 57.1 cm³/mol. The maximum atomic E-state index is 8.76. The highest BCUT2D eigenvalue weighted by molar-refractivity contribution is 5.51. The molecular formula is C12H15N. The van der Waals surface area contributed by atoms with E-state index in [1.807, 2.05) is 26.8 Å². The van der Waals surface area contributed by atoms with Crippen molar-refractivity contribution in [2.45, 2.75) is 20.8 Å². The molecule has 0 atom stereocenters. The Bertz CT molecular complexity index is 322. The molecule has 0 amide bonds. The molecule has 13 heavy (non-hydrogen) atoms. The number of hydrogen-bond donors (Lipinski definition) is 0. The molecule has 0 aliphatic carbocycles. The van der Waals surface area contributed by atoms with E-state index in [4.69, 9.17) is 5.26 Å². The van der Waals surface area contributed by atoms with Crippen LogP contribution in [0.1, 0.15) is 20.8 Å². The van der Waals surface area contributed by atoms with Gasteiger partial charge in [-0.2, -0.15) is 5.26 Å². The fourth-order valence-corrected chi connectivity index (χ4v) is 0.915. The minimum Gasteiger partial charge on any atom is -0.192 e. The standard InChI is InChI=1S/C12H15N/c1-6-9(3)10(4)11(5)12(7-2)8-13/h6-7H,2,4H2,1,3,5H3/b9-6-,12-11-. The summed E-state index contributed by atoms with van der Waals surface area (Å²) in [6.07, 6.45) is 3.54. The number of allylic oxidation sites excluding steroid dienone is 6. The molecule has 0 unspecified atom stereocenters. The first-order valence-electron chi connectivity index (χ1n) is 4.14. The normalized spacial score (nSPS) is 12.9. The molecule has 1 heteroatoms. The second-order valence-electron chi connectivity index (χ2n) is 2.80. The van der Waals surface area contributed by atoms with Crippen molar-refractivity contribution in [3.63, 3.8) is 0 Å². The fourth-order valence-electron chi connectivity index (χ4n) is 0.915. The number of nitrogens with zero attached hydrogens (tertiary/aromatic N) is 1. The van der Waals surface area contributed by atoms with Crippen LogP contribution in [0.4, 0.5) is 0 Å². The lowest BCUT2D eigenvalue weighted by Crippen LogP contribution is -1.89. The molecule has 0 spiro atoms. The van der Waals surface area contributed by atoms with Crippen LogP contribution in [-0.4, -0.2) is 0 Å². The Balaban J connectivity index is 5.12. The van der Waals surface area contributed by atoms with Crippen molar-refractivity contribution in [3.05, 3.63) is 47.6 Å². The van der Waals surface area contributed by atoms with E-state index in [0.29, 0.717) is 5.57 Å². The van der Waals surface area contributed by atoms with Crippen molar-refractivity contribution in [1.29, 1.82) is 5.26 Å². The van der Waals surface area contributed by atoms with Crippen LogP contribution in [0.5, 0.6) is 0 Å². The zero-order valence-corrected chi connectivity index (χ0v) is 8.52. The van der Waals surface area contributed by atoms with Crippen LogP contribution < -0.4 is 0 Å². The highest BCUT2D eigenvalue weighted by atomic mass is 14.2. The summed E-state index contributed by atoms with van der Waals surface area (Å²) in [5, 5.41) is 8.76. The van der Waals surface area contributed by atoms with Gasteiger partial charge < -0.3 is 0 Å². The quantitative estimate of drug-likeness (QED) is 0.473. The van der Waals surface area contributed by atoms with Crippen LogP contribution in [0.3, 0.4) is 0 Å². The van der Waals surface area contributed by atoms with E-state index in [0.717, 1.165) is 16.7 Å². The second kappa shape index (κ2) is 5.16. The summed E-state index contributed by atoms with van der Waals surface area (Å²) >= 11 is 0. The third-order valence-corrected chi connectivity index (χ3v) is 2.09. The molecule has 0 aliphatic heterocycles. The SMILES string of the molecule is C=C/C(C#N)=C(\C)C(=C)/C(C)=C\C. The van der Waals surface area contributed by atoms with Crippen LogP contribution in [0, 0.1) is 11.3 Å². The van der Waals surface area contributed by atoms with Gasteiger partial charge in [-0.1, -0.05) is 25.3 Å². The maximum Gasteiger partial charge on any atom is 0.0994 e. The summed E-state index contributed by atoms with van der Waals surface area (Å²) in [6, 6.07) is 2.08. The van der Waals surface area contributed by atoms with E-state index < -0.39 is 0 Å². The van der Waals surface area contributed by atoms with Gasteiger partial charge in [0.05, 0.1) is 11.6 Å². The van der Waals surface area contributed by atoms with Crippen molar-refractivity contribution >= 4 is 0 Å². The van der Waals surface area contributed by atoms with Gasteiger partial charge in [-0.3, -0.25) is 0 Å². The molecular weight excluding hydrogens is 158 g/mol. The molecule has 0 aliphatic rings. The molecule has 68 valence electrons. The molecule has 0 bridgehead atoms. The summed E-state index contributed by atoms with van der Waals surface area (Å²) in [4.78, 5) is 0. The molecule has 0 heterocycles. The zero-order valence-electron chi connectivity index (χ0n) is 8.52. The molecule has 0 aromatic rings. The lowest BCUT2D eigenvalue weighted by molar-refractivity contribution is 1.29. The second-order valence-corrected chi connectivity index (χ2v) is 2.80. The molecule has 0 N–H and O–H groups in total. The molecule has 0 radical (unpaired) electrons. The van der Waals surface area contributed by atoms with Crippen LogP contribution in [-0.2, 0) is 0 Å². The van der Waals surface area contributed by atoms with Crippen molar-refractivity contribution in [2.24, 2.45) is 0 Å². The summed E-state index contributed by atoms with van der Waals surface area (Å²) < 4.78 is 0. The van der Waals surface area contributed by atoms with Gasteiger partial charge in [-0.25, -0.2) is 0 Å². The summed E-state index contributed by atoms with van der Waals surface area (Å²) in [5.74, 6) is 0. The molecule has 1 nitrogen and oxygen atoms in total. The highest BCUT2D eigenvalue weighted by Crippen LogP contribution is 2.19. The van der Waals surface area contributed by atoms with Crippen molar-refractivity contribution in [3.8, 4) is 6.07 Å². The molecule has 0 aromatic heterocycles. The maximum absolute atomic E-state index is 8.76. The first kappa shape index (κ1) is 11.4. The van der Waals surface area contributed by atoms with Gasteiger partial charge in [0.15, 0.2) is 0 Å². The lowest BCUT2D eigenvalue weighted by atomic mass is 9.98. The molecule has 0 saturated carbocycles. The van der Waals surface area contributed by atoms with Crippen LogP contribution in [0.2, 0.25) is 0 Å². The Hall–Kier alpha value is -1.55. The summed E-state index contributed by atoms with van der Waals surface area (Å²) in [7, 11) is 0.